The van der Waals surface area contributed by atoms with Gasteiger partial charge in [-0.3, -0.25) is 4.79 Å². The monoisotopic (exact) mass is 156 g/mol. The highest BCUT2D eigenvalue weighted by atomic mass is 16.3. The molecule has 0 spiro atoms. The maximum absolute atomic E-state index is 11.2. The molecule has 0 saturated heterocycles. The van der Waals surface area contributed by atoms with Gasteiger partial charge in [0.15, 0.2) is 5.78 Å². The fraction of sp³-hybridized carbons (Fsp3) is 0.667. The first-order chi connectivity index (χ1) is 4.84. The van der Waals surface area contributed by atoms with Crippen LogP contribution in [0.15, 0.2) is 12.2 Å². The van der Waals surface area contributed by atoms with Crippen molar-refractivity contribution in [1.82, 2.24) is 0 Å². The molecule has 0 aromatic rings. The smallest absolute Gasteiger partial charge is 0.160 e. The number of carbonyl (C=O) groups excluding carboxylic acids is 1. The zero-order valence-electron chi connectivity index (χ0n) is 7.59. The summed E-state index contributed by atoms with van der Waals surface area (Å²) in [7, 11) is 0. The van der Waals surface area contributed by atoms with Crippen LogP contribution in [-0.2, 0) is 4.79 Å². The first-order valence-corrected chi connectivity index (χ1v) is 3.75. The minimum atomic E-state index is -0.540. The van der Waals surface area contributed by atoms with Crippen LogP contribution in [0.25, 0.3) is 0 Å². The van der Waals surface area contributed by atoms with Gasteiger partial charge >= 0.3 is 0 Å². The third-order valence-corrected chi connectivity index (χ3v) is 1.27. The van der Waals surface area contributed by atoms with Crippen molar-refractivity contribution in [2.45, 2.75) is 33.8 Å². The Morgan fingerprint density at radius 2 is 1.91 bits per heavy atom. The van der Waals surface area contributed by atoms with Crippen LogP contribution in [0.5, 0.6) is 0 Å². The molecule has 1 N–H and O–H groups in total. The molecule has 0 fully saturated rings. The van der Waals surface area contributed by atoms with Crippen LogP contribution in [0.4, 0.5) is 0 Å². The van der Waals surface area contributed by atoms with Crippen molar-refractivity contribution < 1.29 is 9.90 Å². The van der Waals surface area contributed by atoms with Gasteiger partial charge in [-0.15, -0.1) is 0 Å². The van der Waals surface area contributed by atoms with E-state index in [1.807, 2.05) is 20.8 Å². The van der Waals surface area contributed by atoms with Crippen molar-refractivity contribution in [2.24, 2.45) is 5.41 Å². The molecule has 0 aromatic heterocycles. The van der Waals surface area contributed by atoms with Crippen molar-refractivity contribution >= 4 is 5.78 Å². The lowest BCUT2D eigenvalue weighted by molar-refractivity contribution is -0.121. The number of ketones is 1. The second kappa shape index (κ2) is 3.67. The quantitative estimate of drug-likeness (QED) is 0.616. The van der Waals surface area contributed by atoms with Gasteiger partial charge in [-0.25, -0.2) is 0 Å². The molecular weight excluding hydrogens is 140 g/mol. The van der Waals surface area contributed by atoms with Crippen molar-refractivity contribution in [1.29, 1.82) is 0 Å². The Labute approximate surface area is 67.9 Å². The number of hydrogen-bond donors (Lipinski definition) is 1. The Kier molecular flexibility index (Phi) is 3.46. The van der Waals surface area contributed by atoms with Gasteiger partial charge in [-0.05, 0) is 13.0 Å². The Bertz CT molecular complexity index is 161. The number of aliphatic hydroxyl groups is 1. The first-order valence-electron chi connectivity index (χ1n) is 3.75. The van der Waals surface area contributed by atoms with Gasteiger partial charge in [-0.2, -0.15) is 0 Å². The topological polar surface area (TPSA) is 37.3 Å². The second-order valence-electron chi connectivity index (χ2n) is 3.71. The first kappa shape index (κ1) is 10.4. The summed E-state index contributed by atoms with van der Waals surface area (Å²) in [5.74, 6) is 0.0402. The minimum absolute atomic E-state index is 0.0402. The van der Waals surface area contributed by atoms with Crippen molar-refractivity contribution in [3.8, 4) is 0 Å². The standard InChI is InChI=1S/C9H16O2/c1-7(10)5-6-8(11)9(2,3)4/h5-7,10H,1-4H3/b6-5+/t7-/m0/s1. The van der Waals surface area contributed by atoms with Crippen LogP contribution < -0.4 is 0 Å². The Balaban J connectivity index is 4.09. The largest absolute Gasteiger partial charge is 0.389 e. The van der Waals surface area contributed by atoms with Gasteiger partial charge in [0, 0.05) is 5.41 Å². The molecule has 0 bridgehead atoms. The van der Waals surface area contributed by atoms with E-state index in [9.17, 15) is 4.79 Å². The van der Waals surface area contributed by atoms with E-state index in [1.54, 1.807) is 6.92 Å². The lowest BCUT2D eigenvalue weighted by Gasteiger charge is -2.12. The average molecular weight is 156 g/mol. The highest BCUT2D eigenvalue weighted by Crippen LogP contribution is 2.14. The summed E-state index contributed by atoms with van der Waals surface area (Å²) in [5.41, 5.74) is -0.342. The van der Waals surface area contributed by atoms with Gasteiger partial charge in [0.2, 0.25) is 0 Å². The van der Waals surface area contributed by atoms with Crippen molar-refractivity contribution in [3.05, 3.63) is 12.2 Å². The number of aliphatic hydroxyl groups excluding tert-OH is 1. The van der Waals surface area contributed by atoms with Gasteiger partial charge in [0.1, 0.15) is 0 Å². The molecule has 0 aliphatic carbocycles. The molecule has 0 aliphatic heterocycles. The maximum atomic E-state index is 11.2. The molecular formula is C9H16O2. The van der Waals surface area contributed by atoms with Crippen molar-refractivity contribution in [2.75, 3.05) is 0 Å². The fourth-order valence-corrected chi connectivity index (χ4v) is 0.477. The number of rotatable bonds is 2. The van der Waals surface area contributed by atoms with Gasteiger partial charge < -0.3 is 5.11 Å². The lowest BCUT2D eigenvalue weighted by atomic mass is 9.90. The normalized spacial score (nSPS) is 15.4. The highest BCUT2D eigenvalue weighted by Gasteiger charge is 2.17. The number of hydrogen-bond acceptors (Lipinski definition) is 2. The predicted molar refractivity (Wildman–Crippen MR) is 45.3 cm³/mol. The third kappa shape index (κ3) is 4.73. The van der Waals surface area contributed by atoms with E-state index >= 15 is 0 Å². The van der Waals surface area contributed by atoms with E-state index in [2.05, 4.69) is 0 Å². The lowest BCUT2D eigenvalue weighted by Crippen LogP contribution is -2.17. The Hall–Kier alpha value is -0.630. The van der Waals surface area contributed by atoms with E-state index in [0.29, 0.717) is 0 Å². The minimum Gasteiger partial charge on any atom is -0.389 e. The second-order valence-corrected chi connectivity index (χ2v) is 3.71. The highest BCUT2D eigenvalue weighted by molar-refractivity contribution is 5.93. The maximum Gasteiger partial charge on any atom is 0.160 e. The fourth-order valence-electron chi connectivity index (χ4n) is 0.477. The average Bonchev–Trinajstić information content (AvgIpc) is 1.80. The molecule has 64 valence electrons. The van der Waals surface area contributed by atoms with Crippen molar-refractivity contribution in [3.63, 3.8) is 0 Å². The summed E-state index contributed by atoms with van der Waals surface area (Å²) >= 11 is 0. The van der Waals surface area contributed by atoms with Crippen LogP contribution in [-0.4, -0.2) is 17.0 Å². The summed E-state index contributed by atoms with van der Waals surface area (Å²) in [4.78, 5) is 11.2. The summed E-state index contributed by atoms with van der Waals surface area (Å²) in [5, 5.41) is 8.83. The van der Waals surface area contributed by atoms with E-state index < -0.39 is 6.10 Å². The zero-order valence-corrected chi connectivity index (χ0v) is 7.59. The van der Waals surface area contributed by atoms with Gasteiger partial charge in [0.05, 0.1) is 6.10 Å². The van der Waals surface area contributed by atoms with Crippen LogP contribution >= 0.6 is 0 Å². The Morgan fingerprint density at radius 1 is 1.45 bits per heavy atom. The molecule has 0 rings (SSSR count). The molecule has 0 amide bonds. The summed E-state index contributed by atoms with van der Waals surface area (Å²) < 4.78 is 0. The summed E-state index contributed by atoms with van der Waals surface area (Å²) in [6.07, 6.45) is 2.39. The van der Waals surface area contributed by atoms with E-state index in [4.69, 9.17) is 5.11 Å². The molecule has 0 saturated carbocycles. The van der Waals surface area contributed by atoms with Gasteiger partial charge in [0.25, 0.3) is 0 Å². The summed E-state index contributed by atoms with van der Waals surface area (Å²) in [6, 6.07) is 0. The van der Waals surface area contributed by atoms with Gasteiger partial charge in [-0.1, -0.05) is 26.8 Å². The SMILES string of the molecule is C[C@H](O)/C=C/C(=O)C(C)(C)C. The number of allylic oxidation sites excluding steroid dienone is 1. The molecule has 2 nitrogen and oxygen atoms in total. The molecule has 0 radical (unpaired) electrons. The Morgan fingerprint density at radius 3 is 2.18 bits per heavy atom. The van der Waals surface area contributed by atoms with E-state index in [1.165, 1.54) is 12.2 Å². The predicted octanol–water partition coefficient (Wildman–Crippen LogP) is 1.54. The summed E-state index contributed by atoms with van der Waals surface area (Å²) in [6.45, 7) is 7.16. The van der Waals surface area contributed by atoms with E-state index in [0.717, 1.165) is 0 Å². The molecule has 1 atom stereocenters. The van der Waals surface area contributed by atoms with Crippen LogP contribution in [0.1, 0.15) is 27.7 Å². The van der Waals surface area contributed by atoms with Crippen LogP contribution in [0.3, 0.4) is 0 Å². The number of carbonyl (C=O) groups is 1. The molecule has 0 unspecified atom stereocenters. The van der Waals surface area contributed by atoms with Crippen LogP contribution in [0, 0.1) is 5.41 Å². The molecule has 0 aromatic carbocycles. The molecule has 0 aliphatic rings. The molecule has 2 heteroatoms. The third-order valence-electron chi connectivity index (χ3n) is 1.27. The van der Waals surface area contributed by atoms with Crippen LogP contribution in [0.2, 0.25) is 0 Å². The molecule has 0 heterocycles. The zero-order chi connectivity index (χ0) is 9.07. The molecule has 11 heavy (non-hydrogen) atoms. The van der Waals surface area contributed by atoms with E-state index in [-0.39, 0.29) is 11.2 Å².